The summed E-state index contributed by atoms with van der Waals surface area (Å²) in [7, 11) is 4.03. The molecular formula is C24H27ClN6O. The summed E-state index contributed by atoms with van der Waals surface area (Å²) in [5.74, 6) is 0. The molecule has 1 fully saturated rings. The number of halogens is 1. The van der Waals surface area contributed by atoms with Gasteiger partial charge in [-0.05, 0) is 48.9 Å². The lowest BCUT2D eigenvalue weighted by atomic mass is 10.1. The molecule has 1 N–H and O–H groups in total. The van der Waals surface area contributed by atoms with Crippen LogP contribution in [0.25, 0.3) is 11.1 Å². The van der Waals surface area contributed by atoms with Crippen molar-refractivity contribution >= 4 is 34.7 Å². The molecule has 2 aliphatic rings. The number of carbonyl (C=O) groups is 1. The number of rotatable bonds is 3. The second-order valence-corrected chi connectivity index (χ2v) is 8.94. The Kier molecular flexibility index (Phi) is 5.53. The summed E-state index contributed by atoms with van der Waals surface area (Å²) < 4.78 is 1.78. The van der Waals surface area contributed by atoms with Crippen molar-refractivity contribution in [2.75, 3.05) is 54.9 Å². The van der Waals surface area contributed by atoms with Gasteiger partial charge in [-0.3, -0.25) is 9.58 Å². The van der Waals surface area contributed by atoms with E-state index in [2.05, 4.69) is 33.3 Å². The SMILES string of the molecule is CN1CCN(c2cc3c(cc2Cl)CCN3C(=O)Nc2ccc(-c3cnn(C)c3)cc2)CC1. The van der Waals surface area contributed by atoms with E-state index < -0.39 is 0 Å². The van der Waals surface area contributed by atoms with E-state index in [4.69, 9.17) is 11.6 Å². The highest BCUT2D eigenvalue weighted by Crippen LogP contribution is 2.38. The molecule has 0 radical (unpaired) electrons. The van der Waals surface area contributed by atoms with Gasteiger partial charge in [0.2, 0.25) is 0 Å². The fraction of sp³-hybridized carbons (Fsp3) is 0.333. The Bertz CT molecular complexity index is 1130. The molecular weight excluding hydrogens is 424 g/mol. The van der Waals surface area contributed by atoms with Crippen molar-refractivity contribution in [3.63, 3.8) is 0 Å². The van der Waals surface area contributed by atoms with Crippen LogP contribution in [0.15, 0.2) is 48.8 Å². The van der Waals surface area contributed by atoms with E-state index in [1.54, 1.807) is 4.68 Å². The van der Waals surface area contributed by atoms with Crippen molar-refractivity contribution in [3.05, 3.63) is 59.4 Å². The molecule has 0 saturated carbocycles. The minimum absolute atomic E-state index is 0.121. The Balaban J connectivity index is 1.32. The molecule has 8 heteroatoms. The van der Waals surface area contributed by atoms with Crippen molar-refractivity contribution in [1.29, 1.82) is 0 Å². The largest absolute Gasteiger partial charge is 0.368 e. The smallest absolute Gasteiger partial charge is 0.326 e. The molecule has 2 aromatic carbocycles. The molecule has 0 bridgehead atoms. The molecule has 3 aromatic rings. The predicted molar refractivity (Wildman–Crippen MR) is 130 cm³/mol. The summed E-state index contributed by atoms with van der Waals surface area (Å²) in [5, 5.41) is 8.02. The molecule has 0 spiro atoms. The molecule has 2 amide bonds. The van der Waals surface area contributed by atoms with E-state index in [0.717, 1.165) is 71.4 Å². The number of nitrogens with one attached hydrogen (secondary N) is 1. The molecule has 1 saturated heterocycles. The molecule has 0 atom stereocenters. The number of fused-ring (bicyclic) bond motifs is 1. The first kappa shape index (κ1) is 20.8. The van der Waals surface area contributed by atoms with Gasteiger partial charge in [0.05, 0.1) is 22.6 Å². The Labute approximate surface area is 193 Å². The number of hydrogen-bond donors (Lipinski definition) is 1. The third-order valence-corrected chi connectivity index (χ3v) is 6.61. The summed E-state index contributed by atoms with van der Waals surface area (Å²) in [6.45, 7) is 4.53. The lowest BCUT2D eigenvalue weighted by Crippen LogP contribution is -2.44. The fourth-order valence-electron chi connectivity index (χ4n) is 4.40. The normalized spacial score (nSPS) is 16.3. The number of urea groups is 1. The number of hydrogen-bond acceptors (Lipinski definition) is 4. The minimum Gasteiger partial charge on any atom is -0.368 e. The van der Waals surface area contributed by atoms with Crippen LogP contribution in [-0.4, -0.2) is 60.5 Å². The highest BCUT2D eigenvalue weighted by molar-refractivity contribution is 6.33. The van der Waals surface area contributed by atoms with E-state index in [0.29, 0.717) is 6.54 Å². The second kappa shape index (κ2) is 8.48. The van der Waals surface area contributed by atoms with Crippen LogP contribution in [0.3, 0.4) is 0 Å². The number of carbonyl (C=O) groups excluding carboxylic acids is 1. The maximum Gasteiger partial charge on any atom is 0.326 e. The Morgan fingerprint density at radius 2 is 1.72 bits per heavy atom. The molecule has 166 valence electrons. The monoisotopic (exact) mass is 450 g/mol. The standard InChI is InChI=1S/C24H27ClN6O/c1-28-9-11-30(12-10-28)23-14-22-18(13-21(23)25)7-8-31(22)24(32)27-20-5-3-17(4-6-20)19-15-26-29(2)16-19/h3-6,13-16H,7-12H2,1-2H3,(H,27,32). The molecule has 32 heavy (non-hydrogen) atoms. The summed E-state index contributed by atoms with van der Waals surface area (Å²) in [6.07, 6.45) is 4.61. The van der Waals surface area contributed by atoms with Crippen molar-refractivity contribution < 1.29 is 4.79 Å². The predicted octanol–water partition coefficient (Wildman–Crippen LogP) is 4.09. The molecule has 7 nitrogen and oxygen atoms in total. The third kappa shape index (κ3) is 4.06. The van der Waals surface area contributed by atoms with Gasteiger partial charge in [0.1, 0.15) is 0 Å². The summed E-state index contributed by atoms with van der Waals surface area (Å²) in [6, 6.07) is 11.8. The molecule has 2 aliphatic heterocycles. The number of likely N-dealkylation sites (N-methyl/N-ethyl adjacent to an activating group) is 1. The minimum atomic E-state index is -0.121. The maximum atomic E-state index is 13.1. The van der Waals surface area contributed by atoms with E-state index in [-0.39, 0.29) is 6.03 Å². The first-order valence-electron chi connectivity index (χ1n) is 10.9. The number of nitrogens with zero attached hydrogens (tertiary/aromatic N) is 5. The first-order chi connectivity index (χ1) is 15.5. The fourth-order valence-corrected chi connectivity index (χ4v) is 4.71. The Hall–Kier alpha value is -3.03. The number of aryl methyl sites for hydroxylation is 1. The van der Waals surface area contributed by atoms with Gasteiger partial charge in [-0.2, -0.15) is 5.10 Å². The average molecular weight is 451 g/mol. The molecule has 1 aromatic heterocycles. The van der Waals surface area contributed by atoms with Gasteiger partial charge in [0.15, 0.2) is 0 Å². The quantitative estimate of drug-likeness (QED) is 0.653. The van der Waals surface area contributed by atoms with Crippen LogP contribution in [0.4, 0.5) is 21.9 Å². The van der Waals surface area contributed by atoms with Gasteiger partial charge in [-0.15, -0.1) is 0 Å². The highest BCUT2D eigenvalue weighted by atomic mass is 35.5. The zero-order chi connectivity index (χ0) is 22.2. The number of anilines is 3. The lowest BCUT2D eigenvalue weighted by molar-refractivity contribution is 0.257. The molecule has 5 rings (SSSR count). The number of piperazine rings is 1. The van der Waals surface area contributed by atoms with E-state index >= 15 is 0 Å². The lowest BCUT2D eigenvalue weighted by Gasteiger charge is -2.35. The highest BCUT2D eigenvalue weighted by Gasteiger charge is 2.28. The zero-order valence-corrected chi connectivity index (χ0v) is 19.1. The Morgan fingerprint density at radius 3 is 2.41 bits per heavy atom. The van der Waals surface area contributed by atoms with Gasteiger partial charge < -0.3 is 15.1 Å². The zero-order valence-electron chi connectivity index (χ0n) is 18.4. The summed E-state index contributed by atoms with van der Waals surface area (Å²) in [5.41, 5.74) is 5.97. The van der Waals surface area contributed by atoms with Gasteiger partial charge in [-0.25, -0.2) is 4.79 Å². The van der Waals surface area contributed by atoms with Crippen LogP contribution in [0.1, 0.15) is 5.56 Å². The number of aromatic nitrogens is 2. The van der Waals surface area contributed by atoms with Crippen LogP contribution < -0.4 is 15.1 Å². The van der Waals surface area contributed by atoms with Crippen molar-refractivity contribution in [2.45, 2.75) is 6.42 Å². The topological polar surface area (TPSA) is 56.6 Å². The summed E-state index contributed by atoms with van der Waals surface area (Å²) >= 11 is 6.62. The van der Waals surface area contributed by atoms with Crippen LogP contribution in [-0.2, 0) is 13.5 Å². The van der Waals surface area contributed by atoms with Crippen LogP contribution in [0, 0.1) is 0 Å². The summed E-state index contributed by atoms with van der Waals surface area (Å²) in [4.78, 5) is 19.5. The van der Waals surface area contributed by atoms with E-state index in [1.807, 2.05) is 54.7 Å². The molecule has 0 unspecified atom stereocenters. The van der Waals surface area contributed by atoms with Crippen molar-refractivity contribution in [3.8, 4) is 11.1 Å². The van der Waals surface area contributed by atoms with Crippen LogP contribution in [0.5, 0.6) is 0 Å². The van der Waals surface area contributed by atoms with Crippen LogP contribution in [0.2, 0.25) is 5.02 Å². The van der Waals surface area contributed by atoms with Gasteiger partial charge >= 0.3 is 6.03 Å². The average Bonchev–Trinajstić information content (AvgIpc) is 3.40. The van der Waals surface area contributed by atoms with Crippen molar-refractivity contribution in [2.24, 2.45) is 7.05 Å². The second-order valence-electron chi connectivity index (χ2n) is 8.53. The number of benzene rings is 2. The van der Waals surface area contributed by atoms with Crippen molar-refractivity contribution in [1.82, 2.24) is 14.7 Å². The van der Waals surface area contributed by atoms with E-state index in [1.165, 1.54) is 0 Å². The maximum absolute atomic E-state index is 13.1. The molecule has 0 aliphatic carbocycles. The van der Waals surface area contributed by atoms with Gasteiger partial charge in [0.25, 0.3) is 0 Å². The third-order valence-electron chi connectivity index (χ3n) is 6.31. The molecule has 3 heterocycles. The van der Waals surface area contributed by atoms with Crippen LogP contribution >= 0.6 is 11.6 Å². The first-order valence-corrected chi connectivity index (χ1v) is 11.3. The van der Waals surface area contributed by atoms with Gasteiger partial charge in [0, 0.05) is 57.2 Å². The van der Waals surface area contributed by atoms with Gasteiger partial charge in [-0.1, -0.05) is 23.7 Å². The Morgan fingerprint density at radius 1 is 0.969 bits per heavy atom. The van der Waals surface area contributed by atoms with E-state index in [9.17, 15) is 4.79 Å². The number of amides is 2.